The number of nitrogens with zero attached hydrogens (tertiary/aromatic N) is 2. The van der Waals surface area contributed by atoms with Gasteiger partial charge >= 0.3 is 0 Å². The summed E-state index contributed by atoms with van der Waals surface area (Å²) in [4.78, 5) is 28.3. The van der Waals surface area contributed by atoms with Crippen LogP contribution in [0.4, 0.5) is 11.4 Å². The van der Waals surface area contributed by atoms with Gasteiger partial charge in [-0.05, 0) is 58.1 Å². The maximum atomic E-state index is 12.3. The Bertz CT molecular complexity index is 641. The molecule has 25 heavy (non-hydrogen) atoms. The van der Waals surface area contributed by atoms with Crippen LogP contribution in [0.3, 0.4) is 0 Å². The van der Waals surface area contributed by atoms with Crippen molar-refractivity contribution in [2.45, 2.75) is 25.4 Å². The molecule has 1 aromatic carbocycles. The Morgan fingerprint density at radius 1 is 1.40 bits per heavy atom. The number of carbonyl (C=O) groups excluding carboxylic acids is 2. The number of amides is 2. The number of anilines is 2. The van der Waals surface area contributed by atoms with Crippen molar-refractivity contribution in [2.75, 3.05) is 50.6 Å². The fourth-order valence-corrected chi connectivity index (χ4v) is 3.08. The zero-order valence-corrected chi connectivity index (χ0v) is 14.8. The smallest absolute Gasteiger partial charge is 0.265 e. The van der Waals surface area contributed by atoms with Crippen molar-refractivity contribution in [3.8, 4) is 5.75 Å². The second-order valence-electron chi connectivity index (χ2n) is 6.66. The summed E-state index contributed by atoms with van der Waals surface area (Å²) in [7, 11) is 4.02. The molecule has 1 N–H and O–H groups in total. The van der Waals surface area contributed by atoms with E-state index >= 15 is 0 Å². The van der Waals surface area contributed by atoms with E-state index in [2.05, 4.69) is 10.2 Å². The first-order valence-corrected chi connectivity index (χ1v) is 8.69. The maximum Gasteiger partial charge on any atom is 0.265 e. The van der Waals surface area contributed by atoms with E-state index in [4.69, 9.17) is 9.47 Å². The first-order valence-electron chi connectivity index (χ1n) is 8.69. The molecular formula is C18H25N3O4. The number of carbonyl (C=O) groups is 2. The van der Waals surface area contributed by atoms with E-state index in [-0.39, 0.29) is 24.5 Å². The van der Waals surface area contributed by atoms with Crippen LogP contribution >= 0.6 is 0 Å². The fraction of sp³-hybridized carbons (Fsp3) is 0.556. The highest BCUT2D eigenvalue weighted by Gasteiger charge is 2.27. The molecule has 1 saturated heterocycles. The van der Waals surface area contributed by atoms with Crippen LogP contribution in [0.2, 0.25) is 0 Å². The molecule has 0 aliphatic carbocycles. The molecule has 1 fully saturated rings. The number of fused-ring (bicyclic) bond motifs is 1. The average Bonchev–Trinajstić information content (AvgIpc) is 3.11. The number of nitrogens with one attached hydrogen (secondary N) is 1. The highest BCUT2D eigenvalue weighted by atomic mass is 16.5. The van der Waals surface area contributed by atoms with Crippen molar-refractivity contribution in [3.63, 3.8) is 0 Å². The van der Waals surface area contributed by atoms with Gasteiger partial charge in [0.25, 0.3) is 11.8 Å². The molecule has 1 aromatic rings. The highest BCUT2D eigenvalue weighted by Crippen LogP contribution is 2.34. The molecule has 2 heterocycles. The minimum atomic E-state index is -0.384. The first-order chi connectivity index (χ1) is 12.0. The number of ether oxygens (including phenoxy) is 2. The van der Waals surface area contributed by atoms with Gasteiger partial charge in [0.1, 0.15) is 11.9 Å². The van der Waals surface area contributed by atoms with E-state index in [0.29, 0.717) is 30.3 Å². The van der Waals surface area contributed by atoms with E-state index in [1.165, 1.54) is 0 Å². The van der Waals surface area contributed by atoms with Crippen molar-refractivity contribution in [3.05, 3.63) is 18.2 Å². The van der Waals surface area contributed by atoms with Crippen LogP contribution in [0.5, 0.6) is 5.75 Å². The molecule has 0 radical (unpaired) electrons. The quantitative estimate of drug-likeness (QED) is 0.844. The molecule has 2 amide bonds. The Morgan fingerprint density at radius 3 is 2.96 bits per heavy atom. The first kappa shape index (κ1) is 17.7. The largest absolute Gasteiger partial charge is 0.482 e. The van der Waals surface area contributed by atoms with Gasteiger partial charge in [0.15, 0.2) is 6.61 Å². The Balaban J connectivity index is 1.72. The molecule has 0 saturated carbocycles. The van der Waals surface area contributed by atoms with E-state index in [1.807, 2.05) is 14.1 Å². The molecule has 1 unspecified atom stereocenters. The van der Waals surface area contributed by atoms with Crippen molar-refractivity contribution < 1.29 is 19.1 Å². The SMILES string of the molecule is CN(C)CCCN1C(=O)COc2ccc(NC(=O)C3CCCO3)cc21. The second kappa shape index (κ2) is 7.84. The van der Waals surface area contributed by atoms with Crippen molar-refractivity contribution >= 4 is 23.2 Å². The Labute approximate surface area is 147 Å². The van der Waals surface area contributed by atoms with Crippen LogP contribution in [0.15, 0.2) is 18.2 Å². The molecular weight excluding hydrogens is 322 g/mol. The third kappa shape index (κ3) is 4.29. The lowest BCUT2D eigenvalue weighted by Gasteiger charge is -2.30. The highest BCUT2D eigenvalue weighted by molar-refractivity contribution is 6.00. The van der Waals surface area contributed by atoms with Gasteiger partial charge in [0, 0.05) is 18.8 Å². The van der Waals surface area contributed by atoms with Gasteiger partial charge < -0.3 is 24.6 Å². The van der Waals surface area contributed by atoms with Gasteiger partial charge in [-0.25, -0.2) is 0 Å². The summed E-state index contributed by atoms with van der Waals surface area (Å²) in [6, 6.07) is 5.39. The van der Waals surface area contributed by atoms with E-state index in [9.17, 15) is 9.59 Å². The van der Waals surface area contributed by atoms with E-state index in [0.717, 1.165) is 25.8 Å². The predicted molar refractivity (Wildman–Crippen MR) is 95.1 cm³/mol. The summed E-state index contributed by atoms with van der Waals surface area (Å²) in [6.45, 7) is 2.20. The molecule has 3 rings (SSSR count). The van der Waals surface area contributed by atoms with Gasteiger partial charge in [0.2, 0.25) is 0 Å². The molecule has 7 nitrogen and oxygen atoms in total. The second-order valence-corrected chi connectivity index (χ2v) is 6.66. The average molecular weight is 347 g/mol. The molecule has 7 heteroatoms. The molecule has 1 atom stereocenters. The monoisotopic (exact) mass is 347 g/mol. The molecule has 136 valence electrons. The topological polar surface area (TPSA) is 71.1 Å². The summed E-state index contributed by atoms with van der Waals surface area (Å²) >= 11 is 0. The van der Waals surface area contributed by atoms with Crippen LogP contribution in [0, 0.1) is 0 Å². The minimum absolute atomic E-state index is 0.0522. The lowest BCUT2D eigenvalue weighted by atomic mass is 10.1. The van der Waals surface area contributed by atoms with Crippen LogP contribution in [0.1, 0.15) is 19.3 Å². The normalized spacial score (nSPS) is 19.7. The van der Waals surface area contributed by atoms with Gasteiger partial charge in [-0.1, -0.05) is 0 Å². The number of benzene rings is 1. The summed E-state index contributed by atoms with van der Waals surface area (Å²) in [5, 5.41) is 2.88. The zero-order chi connectivity index (χ0) is 17.8. The van der Waals surface area contributed by atoms with E-state index < -0.39 is 0 Å². The zero-order valence-electron chi connectivity index (χ0n) is 14.8. The summed E-state index contributed by atoms with van der Waals surface area (Å²) in [6.07, 6.45) is 2.13. The van der Waals surface area contributed by atoms with Crippen molar-refractivity contribution in [1.29, 1.82) is 0 Å². The Kier molecular flexibility index (Phi) is 5.55. The van der Waals surface area contributed by atoms with Crippen molar-refractivity contribution in [2.24, 2.45) is 0 Å². The number of hydrogen-bond donors (Lipinski definition) is 1. The summed E-state index contributed by atoms with van der Waals surface area (Å²) in [5.74, 6) is 0.466. The lowest BCUT2D eigenvalue weighted by molar-refractivity contribution is -0.124. The molecule has 2 aliphatic rings. The Hall–Kier alpha value is -2.12. The van der Waals surface area contributed by atoms with Crippen LogP contribution < -0.4 is 15.0 Å². The summed E-state index contributed by atoms with van der Waals surface area (Å²) < 4.78 is 10.9. The predicted octanol–water partition coefficient (Wildman–Crippen LogP) is 1.48. The summed E-state index contributed by atoms with van der Waals surface area (Å²) in [5.41, 5.74) is 1.36. The molecule has 0 aromatic heterocycles. The van der Waals surface area contributed by atoms with Gasteiger partial charge in [-0.3, -0.25) is 9.59 Å². The fourth-order valence-electron chi connectivity index (χ4n) is 3.08. The third-order valence-corrected chi connectivity index (χ3v) is 4.38. The minimum Gasteiger partial charge on any atom is -0.482 e. The lowest BCUT2D eigenvalue weighted by Crippen LogP contribution is -2.40. The molecule has 2 aliphatic heterocycles. The van der Waals surface area contributed by atoms with Crippen LogP contribution in [0.25, 0.3) is 0 Å². The number of rotatable bonds is 6. The number of hydrogen-bond acceptors (Lipinski definition) is 5. The van der Waals surface area contributed by atoms with Gasteiger partial charge in [-0.15, -0.1) is 0 Å². The van der Waals surface area contributed by atoms with Crippen LogP contribution in [-0.4, -0.2) is 63.2 Å². The maximum absolute atomic E-state index is 12.3. The Morgan fingerprint density at radius 2 is 2.24 bits per heavy atom. The third-order valence-electron chi connectivity index (χ3n) is 4.38. The van der Waals surface area contributed by atoms with Gasteiger partial charge in [0.05, 0.1) is 5.69 Å². The van der Waals surface area contributed by atoms with Crippen molar-refractivity contribution in [1.82, 2.24) is 4.90 Å². The standard InChI is InChI=1S/C18H25N3O4/c1-20(2)8-4-9-21-14-11-13(6-7-15(14)25-12-17(21)22)19-18(23)16-5-3-10-24-16/h6-7,11,16H,3-5,8-10,12H2,1-2H3,(H,19,23). The van der Waals surface area contributed by atoms with Crippen LogP contribution in [-0.2, 0) is 14.3 Å². The van der Waals surface area contributed by atoms with Gasteiger partial charge in [-0.2, -0.15) is 0 Å². The molecule has 0 spiro atoms. The van der Waals surface area contributed by atoms with E-state index in [1.54, 1.807) is 23.1 Å². The molecule has 0 bridgehead atoms.